The number of carbonyl (C=O) groups excluding carboxylic acids is 1. The van der Waals surface area contributed by atoms with Gasteiger partial charge in [0, 0.05) is 35.8 Å². The highest BCUT2D eigenvalue weighted by Gasteiger charge is 2.19. The van der Waals surface area contributed by atoms with Crippen molar-refractivity contribution >= 4 is 44.1 Å². The fraction of sp³-hybridized carbons (Fsp3) is 0.133. The van der Waals surface area contributed by atoms with Gasteiger partial charge in [-0.15, -0.1) is 11.3 Å². The molecule has 1 N–H and O–H groups in total. The predicted octanol–water partition coefficient (Wildman–Crippen LogP) is 6.20. The van der Waals surface area contributed by atoms with Crippen molar-refractivity contribution in [3.8, 4) is 5.75 Å². The van der Waals surface area contributed by atoms with Crippen LogP contribution in [0.1, 0.15) is 23.4 Å². The average molecular weight is 596 g/mol. The van der Waals surface area contributed by atoms with Gasteiger partial charge in [0.25, 0.3) is 15.9 Å². The van der Waals surface area contributed by atoms with Crippen LogP contribution in [0.4, 0.5) is 8.78 Å². The monoisotopic (exact) mass is 595 g/mol. The molecule has 0 aliphatic rings. The molecule has 0 unspecified atom stereocenters. The molecule has 7 nitrogen and oxygen atoms in total. The number of hydrogen-bond donors (Lipinski definition) is 1. The number of rotatable bonds is 10. The number of halogens is 2. The van der Waals surface area contributed by atoms with E-state index in [9.17, 15) is 22.0 Å². The van der Waals surface area contributed by atoms with Gasteiger partial charge in [-0.1, -0.05) is 49.9 Å². The fourth-order valence-electron chi connectivity index (χ4n) is 4.04. The summed E-state index contributed by atoms with van der Waals surface area (Å²) in [6, 6.07) is 18.2. The smallest absolute Gasteiger partial charge is 0.264 e. The summed E-state index contributed by atoms with van der Waals surface area (Å²) in [7, 11) is -4.40. The van der Waals surface area contributed by atoms with E-state index in [0.29, 0.717) is 42.3 Å². The Balaban J connectivity index is 0.00000387. The second-order valence-corrected chi connectivity index (χ2v) is 11.4. The molecule has 2 aromatic heterocycles. The Morgan fingerprint density at radius 2 is 1.83 bits per heavy atom. The van der Waals surface area contributed by atoms with Crippen LogP contribution in [-0.2, 0) is 27.8 Å². The van der Waals surface area contributed by atoms with E-state index in [2.05, 4.69) is 35.4 Å². The number of fused-ring (bicyclic) bond motifs is 1. The molecule has 0 saturated heterocycles. The number of sulfonamides is 1. The molecule has 0 fully saturated rings. The number of benzene rings is 3. The summed E-state index contributed by atoms with van der Waals surface area (Å²) in [6.45, 7) is 0.818. The van der Waals surface area contributed by atoms with E-state index >= 15 is 0 Å². The van der Waals surface area contributed by atoms with Gasteiger partial charge in [0.2, 0.25) is 0 Å². The minimum Gasteiger partial charge on any atom is -0.491 e. The second kappa shape index (κ2) is 12.9. The number of nitrogens with zero attached hydrogens (tertiary/aromatic N) is 2. The minimum atomic E-state index is -4.40. The zero-order chi connectivity index (χ0) is 28.1. The van der Waals surface area contributed by atoms with Gasteiger partial charge in [0.1, 0.15) is 5.75 Å². The van der Waals surface area contributed by atoms with Crippen LogP contribution in [0.2, 0.25) is 0 Å². The van der Waals surface area contributed by atoms with Gasteiger partial charge in [-0.3, -0.25) is 9.48 Å². The Labute approximate surface area is 240 Å². The maximum absolute atomic E-state index is 13.5. The summed E-state index contributed by atoms with van der Waals surface area (Å²) in [6.07, 6.45) is 6.65. The van der Waals surface area contributed by atoms with E-state index < -0.39 is 32.5 Å². The lowest BCUT2D eigenvalue weighted by atomic mass is 10.1. The molecule has 5 rings (SSSR count). The van der Waals surface area contributed by atoms with E-state index in [1.807, 2.05) is 34.5 Å². The third kappa shape index (κ3) is 7.24. The molecule has 2 heterocycles. The summed E-state index contributed by atoms with van der Waals surface area (Å²) in [5, 5.41) is 8.43. The van der Waals surface area contributed by atoms with Crippen LogP contribution in [-0.4, -0.2) is 30.7 Å². The van der Waals surface area contributed by atoms with E-state index in [1.165, 1.54) is 17.4 Å². The molecule has 0 bridgehead atoms. The molecule has 1 amide bonds. The van der Waals surface area contributed by atoms with Gasteiger partial charge in [-0.2, -0.15) is 5.10 Å². The van der Waals surface area contributed by atoms with E-state index in [-0.39, 0.29) is 7.43 Å². The summed E-state index contributed by atoms with van der Waals surface area (Å²) in [5.74, 6) is -2.91. The lowest BCUT2D eigenvalue weighted by Gasteiger charge is -2.10. The normalized spacial score (nSPS) is 11.5. The Morgan fingerprint density at radius 1 is 1.02 bits per heavy atom. The van der Waals surface area contributed by atoms with Crippen LogP contribution in [0, 0.1) is 11.6 Å². The number of aromatic nitrogens is 2. The van der Waals surface area contributed by atoms with Gasteiger partial charge < -0.3 is 4.74 Å². The van der Waals surface area contributed by atoms with Gasteiger partial charge >= 0.3 is 0 Å². The molecule has 0 aliphatic carbocycles. The lowest BCUT2D eigenvalue weighted by molar-refractivity contribution is -0.114. The molecule has 5 aromatic rings. The molecular weight excluding hydrogens is 568 g/mol. The van der Waals surface area contributed by atoms with Crippen molar-refractivity contribution in [2.75, 3.05) is 6.61 Å². The van der Waals surface area contributed by atoms with Gasteiger partial charge in [-0.25, -0.2) is 21.9 Å². The highest BCUT2D eigenvalue weighted by atomic mass is 32.2. The lowest BCUT2D eigenvalue weighted by Crippen LogP contribution is -2.29. The van der Waals surface area contributed by atoms with Crippen molar-refractivity contribution in [1.29, 1.82) is 0 Å². The number of carbonyl (C=O) groups is 1. The molecule has 0 spiro atoms. The average Bonchev–Trinajstić information content (AvgIpc) is 3.59. The Bertz CT molecular complexity index is 1800. The molecule has 41 heavy (non-hydrogen) atoms. The summed E-state index contributed by atoms with van der Waals surface area (Å²) in [4.78, 5) is 12.5. The van der Waals surface area contributed by atoms with Crippen LogP contribution < -0.4 is 9.46 Å². The Kier molecular flexibility index (Phi) is 9.31. The molecule has 0 saturated carbocycles. The van der Waals surface area contributed by atoms with E-state index in [4.69, 9.17) is 4.74 Å². The number of ether oxygens (including phenoxy) is 1. The Morgan fingerprint density at radius 3 is 2.59 bits per heavy atom. The van der Waals surface area contributed by atoms with Crippen molar-refractivity contribution in [1.82, 2.24) is 14.5 Å². The molecular formula is C30H27F2N3O4S2. The second-order valence-electron chi connectivity index (χ2n) is 8.82. The third-order valence-electron chi connectivity index (χ3n) is 6.01. The standard InChI is InChI=1S/C29H23F2N3O4S2.CH4/c30-25-9-8-24(17-26(25)31)40(36,37)33-28(35)11-10-27-29(23(19-39-27)18-34-14-3-13-32-34)38-15-12-20-6-7-21-4-1-2-5-22(21)16-20;/h1-11,13-14,16-17,19H,12,15,18H2,(H,33,35);1H4/b11-10+;. The first-order valence-electron chi connectivity index (χ1n) is 12.2. The van der Waals surface area contributed by atoms with Crippen molar-refractivity contribution in [2.24, 2.45) is 0 Å². The van der Waals surface area contributed by atoms with Crippen LogP contribution in [0.5, 0.6) is 5.75 Å². The van der Waals surface area contributed by atoms with Crippen molar-refractivity contribution < 1.29 is 26.7 Å². The first kappa shape index (κ1) is 29.6. The molecule has 3 aromatic carbocycles. The van der Waals surface area contributed by atoms with E-state index in [1.54, 1.807) is 10.9 Å². The third-order valence-corrected chi connectivity index (χ3v) is 8.33. The van der Waals surface area contributed by atoms with Gasteiger partial charge in [0.05, 0.1) is 22.9 Å². The molecule has 0 aliphatic heterocycles. The summed E-state index contributed by atoms with van der Waals surface area (Å²) < 4.78 is 61.3. The minimum absolute atomic E-state index is 0. The van der Waals surface area contributed by atoms with Crippen molar-refractivity contribution in [2.45, 2.75) is 25.3 Å². The SMILES string of the molecule is C.O=C(/C=C/c1scc(Cn2cccn2)c1OCCc1ccc2ccccc2c1)NS(=O)(=O)c1ccc(F)c(F)c1. The molecule has 11 heteroatoms. The van der Waals surface area contributed by atoms with E-state index in [0.717, 1.165) is 34.0 Å². The topological polar surface area (TPSA) is 90.3 Å². The van der Waals surface area contributed by atoms with Gasteiger partial charge in [0.15, 0.2) is 11.6 Å². The number of hydrogen-bond acceptors (Lipinski definition) is 6. The number of nitrogens with one attached hydrogen (secondary N) is 1. The largest absolute Gasteiger partial charge is 0.491 e. The number of thiophene rings is 1. The predicted molar refractivity (Wildman–Crippen MR) is 156 cm³/mol. The Hall–Kier alpha value is -4.35. The summed E-state index contributed by atoms with van der Waals surface area (Å²) in [5.41, 5.74) is 1.96. The van der Waals surface area contributed by atoms with Crippen LogP contribution in [0.3, 0.4) is 0 Å². The highest BCUT2D eigenvalue weighted by molar-refractivity contribution is 7.90. The quantitative estimate of drug-likeness (QED) is 0.194. The van der Waals surface area contributed by atoms with Crippen molar-refractivity contribution in [3.63, 3.8) is 0 Å². The van der Waals surface area contributed by atoms with Crippen molar-refractivity contribution in [3.05, 3.63) is 118 Å². The zero-order valence-electron chi connectivity index (χ0n) is 21.0. The fourth-order valence-corrected chi connectivity index (χ4v) is 5.89. The zero-order valence-corrected chi connectivity index (χ0v) is 22.6. The maximum atomic E-state index is 13.5. The molecule has 212 valence electrons. The first-order valence-corrected chi connectivity index (χ1v) is 14.5. The molecule has 0 atom stereocenters. The first-order chi connectivity index (χ1) is 19.3. The molecule has 0 radical (unpaired) electrons. The van der Waals surface area contributed by atoms with Crippen LogP contribution in [0.25, 0.3) is 16.8 Å². The van der Waals surface area contributed by atoms with Gasteiger partial charge in [-0.05, 0) is 46.7 Å². The summed E-state index contributed by atoms with van der Waals surface area (Å²) >= 11 is 1.33. The van der Waals surface area contributed by atoms with Crippen LogP contribution in [0.15, 0.2) is 95.5 Å². The van der Waals surface area contributed by atoms with Crippen LogP contribution >= 0.6 is 11.3 Å². The number of amides is 1. The maximum Gasteiger partial charge on any atom is 0.264 e. The highest BCUT2D eigenvalue weighted by Crippen LogP contribution is 2.33.